The molecule has 4 heterocycles. The predicted molar refractivity (Wildman–Crippen MR) is 92.8 cm³/mol. The first-order valence-corrected chi connectivity index (χ1v) is 8.55. The number of aromatic nitrogens is 6. The number of rotatable bonds is 5. The zero-order valence-corrected chi connectivity index (χ0v) is 14.2. The van der Waals surface area contributed by atoms with Crippen LogP contribution in [0.1, 0.15) is 5.76 Å². The van der Waals surface area contributed by atoms with Crippen LogP contribution in [-0.2, 0) is 6.54 Å². The van der Waals surface area contributed by atoms with Gasteiger partial charge in [0.05, 0.1) is 18.4 Å². The van der Waals surface area contributed by atoms with E-state index in [1.807, 2.05) is 13.0 Å². The van der Waals surface area contributed by atoms with Crippen molar-refractivity contribution in [2.75, 3.05) is 11.6 Å². The topological polar surface area (TPSA) is 109 Å². The van der Waals surface area contributed by atoms with Crippen LogP contribution in [0.4, 0.5) is 0 Å². The van der Waals surface area contributed by atoms with Crippen LogP contribution in [0, 0.1) is 6.92 Å². The van der Waals surface area contributed by atoms with Crippen molar-refractivity contribution in [3.05, 3.63) is 53.0 Å². The van der Waals surface area contributed by atoms with Gasteiger partial charge in [0.2, 0.25) is 5.16 Å². The molecule has 0 saturated heterocycles. The van der Waals surface area contributed by atoms with Gasteiger partial charge in [-0.1, -0.05) is 17.8 Å². The third-order valence-corrected chi connectivity index (χ3v) is 4.71. The molecule has 0 aromatic carbocycles. The Morgan fingerprint density at radius 3 is 2.92 bits per heavy atom. The van der Waals surface area contributed by atoms with E-state index in [0.717, 1.165) is 11.3 Å². The van der Waals surface area contributed by atoms with E-state index in [1.54, 1.807) is 30.7 Å². The maximum absolute atomic E-state index is 12.2. The molecule has 0 saturated carbocycles. The third kappa shape index (κ3) is 2.70. The maximum atomic E-state index is 12.2. The van der Waals surface area contributed by atoms with Crippen molar-refractivity contribution in [3.63, 3.8) is 0 Å². The number of furan rings is 1. The number of fused-ring (bicyclic) bond motifs is 1. The van der Waals surface area contributed by atoms with Gasteiger partial charge in [-0.25, -0.2) is 14.2 Å². The van der Waals surface area contributed by atoms with Crippen molar-refractivity contribution in [2.24, 2.45) is 0 Å². The molecule has 0 aliphatic carbocycles. The van der Waals surface area contributed by atoms with E-state index in [4.69, 9.17) is 10.3 Å². The average molecular weight is 357 g/mol. The molecular weight excluding hydrogens is 342 g/mol. The number of pyridine rings is 1. The smallest absolute Gasteiger partial charge is 0.350 e. The van der Waals surface area contributed by atoms with Crippen molar-refractivity contribution in [2.45, 2.75) is 18.6 Å². The molecule has 10 heteroatoms. The van der Waals surface area contributed by atoms with E-state index in [9.17, 15) is 4.79 Å². The second-order valence-electron chi connectivity index (χ2n) is 5.35. The Hall–Kier alpha value is -3.01. The van der Waals surface area contributed by atoms with Gasteiger partial charge in [0.15, 0.2) is 11.5 Å². The lowest BCUT2D eigenvalue weighted by Gasteiger charge is -2.02. The minimum atomic E-state index is -0.167. The molecule has 0 aliphatic heterocycles. The molecule has 0 fully saturated rings. The van der Waals surface area contributed by atoms with Gasteiger partial charge in [-0.05, 0) is 25.1 Å². The summed E-state index contributed by atoms with van der Waals surface area (Å²) in [7, 11) is 0. The molecule has 9 nitrogen and oxygen atoms in total. The zero-order chi connectivity index (χ0) is 17.4. The summed E-state index contributed by atoms with van der Waals surface area (Å²) in [4.78, 5) is 12.2. The van der Waals surface area contributed by atoms with Gasteiger partial charge < -0.3 is 10.3 Å². The Bertz CT molecular complexity index is 1090. The molecule has 0 amide bonds. The summed E-state index contributed by atoms with van der Waals surface area (Å²) in [5.74, 6) is 7.93. The first-order valence-electron chi connectivity index (χ1n) is 7.57. The standard InChI is InChI=1S/C15H15N7O2S/c1-10-11(5-8-24-10)13-17-18-14(22(13)16)25-9-7-21-15(23)20-6-3-2-4-12(20)19-21/h2-6,8H,7,9,16H2,1H3. The maximum Gasteiger partial charge on any atom is 0.350 e. The number of nitrogens with zero attached hydrogens (tertiary/aromatic N) is 6. The summed E-state index contributed by atoms with van der Waals surface area (Å²) < 4.78 is 9.64. The van der Waals surface area contributed by atoms with Crippen LogP contribution in [-0.4, -0.2) is 34.8 Å². The molecule has 0 unspecified atom stereocenters. The van der Waals surface area contributed by atoms with E-state index in [0.29, 0.717) is 28.9 Å². The second-order valence-corrected chi connectivity index (χ2v) is 6.41. The highest BCUT2D eigenvalue weighted by molar-refractivity contribution is 7.99. The van der Waals surface area contributed by atoms with Crippen LogP contribution < -0.4 is 11.5 Å². The molecule has 25 heavy (non-hydrogen) atoms. The van der Waals surface area contributed by atoms with Crippen LogP contribution in [0.15, 0.2) is 51.1 Å². The summed E-state index contributed by atoms with van der Waals surface area (Å²) in [6.45, 7) is 2.28. The molecule has 4 aromatic rings. The van der Waals surface area contributed by atoms with E-state index in [2.05, 4.69) is 15.3 Å². The fraction of sp³-hybridized carbons (Fsp3) is 0.200. The Labute approximate surface area is 146 Å². The number of thioether (sulfide) groups is 1. The Morgan fingerprint density at radius 1 is 1.28 bits per heavy atom. The fourth-order valence-electron chi connectivity index (χ4n) is 2.51. The zero-order valence-electron chi connectivity index (χ0n) is 13.4. The summed E-state index contributed by atoms with van der Waals surface area (Å²) in [5, 5.41) is 13.1. The highest BCUT2D eigenvalue weighted by Gasteiger charge is 2.16. The summed E-state index contributed by atoms with van der Waals surface area (Å²) in [6, 6.07) is 7.23. The van der Waals surface area contributed by atoms with Crippen LogP contribution >= 0.6 is 11.8 Å². The van der Waals surface area contributed by atoms with Crippen molar-refractivity contribution in [1.29, 1.82) is 0 Å². The lowest BCUT2D eigenvalue weighted by atomic mass is 10.2. The summed E-state index contributed by atoms with van der Waals surface area (Å²) in [5.41, 5.74) is 1.26. The van der Waals surface area contributed by atoms with E-state index < -0.39 is 0 Å². The number of nitrogen functional groups attached to an aromatic ring is 1. The summed E-state index contributed by atoms with van der Waals surface area (Å²) in [6.07, 6.45) is 3.28. The van der Waals surface area contributed by atoms with Gasteiger partial charge >= 0.3 is 5.69 Å². The fourth-order valence-corrected chi connectivity index (χ4v) is 3.28. The van der Waals surface area contributed by atoms with Crippen LogP contribution in [0.5, 0.6) is 0 Å². The first kappa shape index (κ1) is 15.5. The van der Waals surface area contributed by atoms with E-state index in [-0.39, 0.29) is 5.69 Å². The molecule has 2 N–H and O–H groups in total. The Kier molecular flexibility index (Phi) is 3.80. The predicted octanol–water partition coefficient (Wildman–Crippen LogP) is 1.16. The quantitative estimate of drug-likeness (QED) is 0.422. The monoisotopic (exact) mass is 357 g/mol. The van der Waals surface area contributed by atoms with Gasteiger partial charge in [-0.15, -0.1) is 15.3 Å². The van der Waals surface area contributed by atoms with Gasteiger partial charge in [0.1, 0.15) is 5.76 Å². The lowest BCUT2D eigenvalue weighted by molar-refractivity contribution is 0.535. The molecular formula is C15H15N7O2S. The number of aryl methyl sites for hydroxylation is 2. The number of nitrogens with two attached hydrogens (primary N) is 1. The average Bonchev–Trinajstić information content (AvgIpc) is 3.28. The summed E-state index contributed by atoms with van der Waals surface area (Å²) >= 11 is 1.41. The largest absolute Gasteiger partial charge is 0.469 e. The van der Waals surface area contributed by atoms with Crippen LogP contribution in [0.3, 0.4) is 0 Å². The van der Waals surface area contributed by atoms with Gasteiger partial charge in [0.25, 0.3) is 0 Å². The minimum Gasteiger partial charge on any atom is -0.469 e. The van der Waals surface area contributed by atoms with Crippen molar-refractivity contribution >= 4 is 17.4 Å². The molecule has 128 valence electrons. The molecule has 0 atom stereocenters. The second kappa shape index (κ2) is 6.13. The van der Waals surface area contributed by atoms with Crippen LogP contribution in [0.25, 0.3) is 17.0 Å². The minimum absolute atomic E-state index is 0.167. The van der Waals surface area contributed by atoms with Gasteiger partial charge in [-0.2, -0.15) is 0 Å². The number of hydrogen-bond acceptors (Lipinski definition) is 7. The first-order chi connectivity index (χ1) is 12.1. The Balaban J connectivity index is 1.49. The third-order valence-electron chi connectivity index (χ3n) is 3.79. The molecule has 0 bridgehead atoms. The lowest BCUT2D eigenvalue weighted by Crippen LogP contribution is -2.22. The number of hydrogen-bond donors (Lipinski definition) is 1. The van der Waals surface area contributed by atoms with Gasteiger partial charge in [-0.3, -0.25) is 4.40 Å². The van der Waals surface area contributed by atoms with E-state index in [1.165, 1.54) is 25.5 Å². The van der Waals surface area contributed by atoms with Gasteiger partial charge in [0, 0.05) is 11.9 Å². The molecule has 4 rings (SSSR count). The molecule has 4 aromatic heterocycles. The van der Waals surface area contributed by atoms with Crippen molar-refractivity contribution in [1.82, 2.24) is 29.1 Å². The molecule has 0 radical (unpaired) electrons. The molecule has 0 aliphatic rings. The van der Waals surface area contributed by atoms with Crippen molar-refractivity contribution < 1.29 is 4.42 Å². The normalized spacial score (nSPS) is 11.4. The van der Waals surface area contributed by atoms with E-state index >= 15 is 0 Å². The molecule has 0 spiro atoms. The Morgan fingerprint density at radius 2 is 2.16 bits per heavy atom. The van der Waals surface area contributed by atoms with Crippen LogP contribution in [0.2, 0.25) is 0 Å². The highest BCUT2D eigenvalue weighted by atomic mass is 32.2. The highest BCUT2D eigenvalue weighted by Crippen LogP contribution is 2.24. The SMILES string of the molecule is Cc1occc1-c1nnc(SCCn2nc3ccccn3c2=O)n1N. The van der Waals surface area contributed by atoms with Crippen molar-refractivity contribution in [3.8, 4) is 11.4 Å².